The maximum atomic E-state index is 6.84. The van der Waals surface area contributed by atoms with E-state index in [-0.39, 0.29) is 5.41 Å². The van der Waals surface area contributed by atoms with E-state index in [9.17, 15) is 0 Å². The number of hydrogen-bond donors (Lipinski definition) is 0. The molecule has 2 heteroatoms. The van der Waals surface area contributed by atoms with Gasteiger partial charge in [-0.25, -0.2) is 0 Å². The lowest BCUT2D eigenvalue weighted by Gasteiger charge is -2.18. The van der Waals surface area contributed by atoms with Gasteiger partial charge in [0.05, 0.1) is 16.4 Å². The zero-order valence-electron chi connectivity index (χ0n) is 19.7. The number of rotatable bonds is 1. The van der Waals surface area contributed by atoms with Gasteiger partial charge in [0.2, 0.25) is 0 Å². The first kappa shape index (κ1) is 19.1. The summed E-state index contributed by atoms with van der Waals surface area (Å²) in [6.07, 6.45) is 0. The van der Waals surface area contributed by atoms with Crippen LogP contribution in [0.15, 0.2) is 108 Å². The number of benzene rings is 5. The Morgan fingerprint density at radius 1 is 0.657 bits per heavy atom. The van der Waals surface area contributed by atoms with Crippen molar-refractivity contribution in [3.8, 4) is 16.8 Å². The van der Waals surface area contributed by atoms with Crippen LogP contribution in [0, 0.1) is 0 Å². The third-order valence-electron chi connectivity index (χ3n) is 7.92. The second-order valence-electron chi connectivity index (χ2n) is 10.2. The predicted molar refractivity (Wildman–Crippen MR) is 146 cm³/mol. The lowest BCUT2D eigenvalue weighted by atomic mass is 9.86. The molecule has 0 unspecified atom stereocenters. The van der Waals surface area contributed by atoms with Gasteiger partial charge in [-0.1, -0.05) is 72.8 Å². The van der Waals surface area contributed by atoms with E-state index in [4.69, 9.17) is 4.42 Å². The Bertz CT molecular complexity index is 1980. The van der Waals surface area contributed by atoms with Gasteiger partial charge in [-0.05, 0) is 66.1 Å². The van der Waals surface area contributed by atoms with Crippen LogP contribution in [0.4, 0.5) is 0 Å². The van der Waals surface area contributed by atoms with E-state index in [0.29, 0.717) is 0 Å². The zero-order valence-corrected chi connectivity index (χ0v) is 19.7. The lowest BCUT2D eigenvalue weighted by Crippen LogP contribution is -2.14. The van der Waals surface area contributed by atoms with Crippen LogP contribution in [0.25, 0.3) is 60.4 Å². The molecule has 0 aliphatic heterocycles. The molecule has 7 aromatic rings. The third kappa shape index (κ3) is 2.34. The van der Waals surface area contributed by atoms with Gasteiger partial charge in [0.25, 0.3) is 0 Å². The summed E-state index contributed by atoms with van der Waals surface area (Å²) in [5, 5.41) is 6.11. The molecule has 0 radical (unpaired) electrons. The fourth-order valence-corrected chi connectivity index (χ4v) is 6.28. The van der Waals surface area contributed by atoms with Crippen molar-refractivity contribution in [1.82, 2.24) is 4.57 Å². The van der Waals surface area contributed by atoms with Crippen molar-refractivity contribution < 1.29 is 4.42 Å². The fraction of sp³-hybridized carbons (Fsp3) is 0.0909. The summed E-state index contributed by atoms with van der Waals surface area (Å²) in [4.78, 5) is 0. The summed E-state index contributed by atoms with van der Waals surface area (Å²) >= 11 is 0. The summed E-state index contributed by atoms with van der Waals surface area (Å²) < 4.78 is 9.21. The molecule has 2 aromatic heterocycles. The lowest BCUT2D eigenvalue weighted by molar-refractivity contribution is 0.466. The molecule has 166 valence electrons. The van der Waals surface area contributed by atoms with Crippen LogP contribution >= 0.6 is 0 Å². The molecule has 0 saturated carbocycles. The fourth-order valence-electron chi connectivity index (χ4n) is 6.28. The van der Waals surface area contributed by atoms with Crippen LogP contribution in [0.5, 0.6) is 0 Å². The van der Waals surface area contributed by atoms with Gasteiger partial charge < -0.3 is 8.98 Å². The third-order valence-corrected chi connectivity index (χ3v) is 7.92. The first-order chi connectivity index (χ1) is 17.1. The molecule has 0 fully saturated rings. The monoisotopic (exact) mass is 449 g/mol. The molecule has 0 spiro atoms. The largest absolute Gasteiger partial charge is 0.459 e. The Balaban J connectivity index is 1.51. The van der Waals surface area contributed by atoms with Crippen LogP contribution in [0.1, 0.15) is 25.2 Å². The van der Waals surface area contributed by atoms with Gasteiger partial charge in [-0.15, -0.1) is 0 Å². The molecule has 0 N–H and O–H groups in total. The smallest absolute Gasteiger partial charge is 0.144 e. The van der Waals surface area contributed by atoms with Crippen LogP contribution in [-0.2, 0) is 5.41 Å². The quantitative estimate of drug-likeness (QED) is 0.244. The molecular formula is C33H23NO. The van der Waals surface area contributed by atoms with Crippen molar-refractivity contribution in [3.63, 3.8) is 0 Å². The second kappa shape index (κ2) is 6.43. The number of aromatic nitrogens is 1. The van der Waals surface area contributed by atoms with E-state index in [1.165, 1.54) is 60.3 Å². The van der Waals surface area contributed by atoms with E-state index in [0.717, 1.165) is 11.3 Å². The van der Waals surface area contributed by atoms with Crippen molar-refractivity contribution in [1.29, 1.82) is 0 Å². The number of hydrogen-bond acceptors (Lipinski definition) is 1. The van der Waals surface area contributed by atoms with Gasteiger partial charge in [-0.3, -0.25) is 0 Å². The maximum absolute atomic E-state index is 6.84. The van der Waals surface area contributed by atoms with E-state index >= 15 is 0 Å². The molecule has 1 aliphatic carbocycles. The molecule has 8 rings (SSSR count). The molecule has 5 aromatic carbocycles. The first-order valence-corrected chi connectivity index (χ1v) is 12.2. The summed E-state index contributed by atoms with van der Waals surface area (Å²) in [6.45, 7) is 4.55. The molecule has 0 atom stereocenters. The molecule has 1 aliphatic rings. The van der Waals surface area contributed by atoms with Crippen LogP contribution < -0.4 is 0 Å². The van der Waals surface area contributed by atoms with Gasteiger partial charge in [0.1, 0.15) is 11.3 Å². The van der Waals surface area contributed by atoms with E-state index < -0.39 is 0 Å². The van der Waals surface area contributed by atoms with Gasteiger partial charge in [0, 0.05) is 27.4 Å². The standard InChI is InChI=1S/C33H23NO/c1-33(2)26-13-7-5-11-23(26)29-25-17-18-28-30(31(25)35-32(29)33)24-12-6-8-14-27(24)34(28)22-16-15-20-9-3-4-10-21(20)19-22/h3-19H,1-2H3. The van der Waals surface area contributed by atoms with Crippen LogP contribution in [-0.4, -0.2) is 4.57 Å². The average molecular weight is 450 g/mol. The highest BCUT2D eigenvalue weighted by Crippen LogP contribution is 2.54. The second-order valence-corrected chi connectivity index (χ2v) is 10.2. The molecule has 0 saturated heterocycles. The molecule has 2 heterocycles. The van der Waals surface area contributed by atoms with E-state index in [1.54, 1.807) is 0 Å². The van der Waals surface area contributed by atoms with Gasteiger partial charge >= 0.3 is 0 Å². The Kier molecular flexibility index (Phi) is 3.50. The predicted octanol–water partition coefficient (Wildman–Crippen LogP) is 8.99. The first-order valence-electron chi connectivity index (χ1n) is 12.2. The van der Waals surface area contributed by atoms with E-state index in [1.807, 2.05) is 0 Å². The summed E-state index contributed by atoms with van der Waals surface area (Å²) in [7, 11) is 0. The van der Waals surface area contributed by atoms with Crippen LogP contribution in [0.2, 0.25) is 0 Å². The molecule has 0 bridgehead atoms. The average Bonchev–Trinajstić information content (AvgIpc) is 3.51. The van der Waals surface area contributed by atoms with Crippen molar-refractivity contribution >= 4 is 43.5 Å². The Labute approximate surface area is 203 Å². The van der Waals surface area contributed by atoms with Gasteiger partial charge in [0.15, 0.2) is 0 Å². The maximum Gasteiger partial charge on any atom is 0.144 e. The minimum atomic E-state index is -0.159. The molecule has 35 heavy (non-hydrogen) atoms. The van der Waals surface area contributed by atoms with Gasteiger partial charge in [-0.2, -0.15) is 0 Å². The minimum absolute atomic E-state index is 0.159. The Morgan fingerprint density at radius 3 is 2.34 bits per heavy atom. The molecule has 0 amide bonds. The number of fused-ring (bicyclic) bond motifs is 10. The molecular weight excluding hydrogens is 426 g/mol. The van der Waals surface area contributed by atoms with Crippen molar-refractivity contribution in [3.05, 3.63) is 114 Å². The SMILES string of the molecule is CC1(C)c2ccccc2-c2c1oc1c2ccc2c1c1ccccc1n2-c1ccc2ccccc2c1. The van der Waals surface area contributed by atoms with E-state index in [2.05, 4.69) is 122 Å². The molecule has 2 nitrogen and oxygen atoms in total. The Hall–Kier alpha value is -4.30. The minimum Gasteiger partial charge on any atom is -0.459 e. The van der Waals surface area contributed by atoms with Crippen molar-refractivity contribution in [2.45, 2.75) is 19.3 Å². The number of nitrogens with zero attached hydrogens (tertiary/aromatic N) is 1. The highest BCUT2D eigenvalue weighted by molar-refractivity contribution is 6.22. The Morgan fingerprint density at radius 2 is 1.43 bits per heavy atom. The summed E-state index contributed by atoms with van der Waals surface area (Å²) in [5.41, 5.74) is 8.26. The van der Waals surface area contributed by atoms with Crippen LogP contribution in [0.3, 0.4) is 0 Å². The van der Waals surface area contributed by atoms with Crippen molar-refractivity contribution in [2.24, 2.45) is 0 Å². The zero-order chi connectivity index (χ0) is 23.3. The summed E-state index contributed by atoms with van der Waals surface area (Å²) in [6, 6.07) is 37.2. The number of furan rings is 1. The summed E-state index contributed by atoms with van der Waals surface area (Å²) in [5.74, 6) is 1.07. The normalized spacial score (nSPS) is 14.2. The topological polar surface area (TPSA) is 18.1 Å². The van der Waals surface area contributed by atoms with Crippen molar-refractivity contribution in [2.75, 3.05) is 0 Å². The highest BCUT2D eigenvalue weighted by Gasteiger charge is 2.40. The number of para-hydroxylation sites is 1. The highest BCUT2D eigenvalue weighted by atomic mass is 16.3.